The van der Waals surface area contributed by atoms with Crippen molar-refractivity contribution in [1.82, 2.24) is 15.3 Å². The summed E-state index contributed by atoms with van der Waals surface area (Å²) < 4.78 is 5.13. The number of hydrogen-bond donors (Lipinski definition) is 1. The Kier molecular flexibility index (Phi) is 3.09. The second kappa shape index (κ2) is 4.70. The van der Waals surface area contributed by atoms with Crippen LogP contribution in [0.5, 0.6) is 0 Å². The van der Waals surface area contributed by atoms with Crippen LogP contribution in [0.15, 0.2) is 41.4 Å². The lowest BCUT2D eigenvalue weighted by molar-refractivity contribution is 0.455. The minimum Gasteiger partial charge on any atom is -0.447 e. The summed E-state index contributed by atoms with van der Waals surface area (Å²) in [6.07, 6.45) is 4.93. The Morgan fingerprint density at radius 1 is 1.47 bits per heavy atom. The first-order valence-corrected chi connectivity index (χ1v) is 4.88. The molecule has 2 heterocycles. The van der Waals surface area contributed by atoms with Gasteiger partial charge in [-0.25, -0.2) is 4.98 Å². The molecule has 1 atom stereocenters. The van der Waals surface area contributed by atoms with Gasteiger partial charge in [-0.3, -0.25) is 4.98 Å². The summed E-state index contributed by atoms with van der Waals surface area (Å²) in [5.74, 6) is 0.831. The van der Waals surface area contributed by atoms with Crippen molar-refractivity contribution in [2.75, 3.05) is 0 Å². The lowest BCUT2D eigenvalue weighted by atomic mass is 10.2. The molecule has 2 aromatic heterocycles. The molecule has 0 unspecified atom stereocenters. The monoisotopic (exact) mass is 203 g/mol. The van der Waals surface area contributed by atoms with E-state index in [0.29, 0.717) is 6.54 Å². The van der Waals surface area contributed by atoms with E-state index in [9.17, 15) is 0 Å². The SMILES string of the molecule is C[C@H](NCc1cnco1)c1ccccn1. The Labute approximate surface area is 88.4 Å². The Balaban J connectivity index is 1.90. The minimum atomic E-state index is 0.205. The van der Waals surface area contributed by atoms with E-state index >= 15 is 0 Å². The Hall–Kier alpha value is -1.68. The molecule has 2 aromatic rings. The Morgan fingerprint density at radius 2 is 2.40 bits per heavy atom. The summed E-state index contributed by atoms with van der Waals surface area (Å²) in [5.41, 5.74) is 1.03. The largest absolute Gasteiger partial charge is 0.447 e. The van der Waals surface area contributed by atoms with E-state index in [2.05, 4.69) is 22.2 Å². The molecule has 0 fully saturated rings. The third-order valence-electron chi connectivity index (χ3n) is 2.20. The number of rotatable bonds is 4. The summed E-state index contributed by atoms with van der Waals surface area (Å²) in [6.45, 7) is 2.73. The summed E-state index contributed by atoms with van der Waals surface area (Å²) in [6, 6.07) is 6.09. The van der Waals surface area contributed by atoms with Crippen LogP contribution in [-0.2, 0) is 6.54 Å². The van der Waals surface area contributed by atoms with Crippen molar-refractivity contribution >= 4 is 0 Å². The van der Waals surface area contributed by atoms with Crippen molar-refractivity contribution in [2.45, 2.75) is 19.5 Å². The first-order valence-electron chi connectivity index (χ1n) is 4.88. The van der Waals surface area contributed by atoms with E-state index in [-0.39, 0.29) is 6.04 Å². The van der Waals surface area contributed by atoms with E-state index < -0.39 is 0 Å². The van der Waals surface area contributed by atoms with Crippen LogP contribution in [0.3, 0.4) is 0 Å². The van der Waals surface area contributed by atoms with Crippen LogP contribution in [0.25, 0.3) is 0 Å². The number of hydrogen-bond acceptors (Lipinski definition) is 4. The normalized spacial score (nSPS) is 12.6. The van der Waals surface area contributed by atoms with Crippen molar-refractivity contribution < 1.29 is 4.42 Å². The second-order valence-corrected chi connectivity index (χ2v) is 3.32. The Morgan fingerprint density at radius 3 is 3.07 bits per heavy atom. The van der Waals surface area contributed by atoms with Crippen LogP contribution in [0.4, 0.5) is 0 Å². The van der Waals surface area contributed by atoms with Gasteiger partial charge in [0.1, 0.15) is 5.76 Å². The van der Waals surface area contributed by atoms with Crippen LogP contribution in [0, 0.1) is 0 Å². The van der Waals surface area contributed by atoms with Crippen molar-refractivity contribution in [3.8, 4) is 0 Å². The molecule has 78 valence electrons. The molecular weight excluding hydrogens is 190 g/mol. The number of aromatic nitrogens is 2. The van der Waals surface area contributed by atoms with E-state index in [4.69, 9.17) is 4.42 Å². The lowest BCUT2D eigenvalue weighted by Gasteiger charge is -2.11. The van der Waals surface area contributed by atoms with Crippen molar-refractivity contribution in [3.63, 3.8) is 0 Å². The second-order valence-electron chi connectivity index (χ2n) is 3.32. The molecule has 1 N–H and O–H groups in total. The van der Waals surface area contributed by atoms with Gasteiger partial charge >= 0.3 is 0 Å². The third-order valence-corrected chi connectivity index (χ3v) is 2.20. The maximum absolute atomic E-state index is 5.13. The summed E-state index contributed by atoms with van der Waals surface area (Å²) in [5, 5.41) is 3.31. The molecule has 0 saturated heterocycles. The van der Waals surface area contributed by atoms with E-state index in [0.717, 1.165) is 11.5 Å². The molecule has 0 spiro atoms. The fourth-order valence-corrected chi connectivity index (χ4v) is 1.32. The van der Waals surface area contributed by atoms with Gasteiger partial charge in [-0.2, -0.15) is 0 Å². The molecular formula is C11H13N3O. The molecule has 4 nitrogen and oxygen atoms in total. The van der Waals surface area contributed by atoms with Gasteiger partial charge < -0.3 is 9.73 Å². The molecule has 15 heavy (non-hydrogen) atoms. The maximum Gasteiger partial charge on any atom is 0.180 e. The van der Waals surface area contributed by atoms with E-state index in [1.54, 1.807) is 12.4 Å². The average molecular weight is 203 g/mol. The number of pyridine rings is 1. The van der Waals surface area contributed by atoms with Crippen LogP contribution in [-0.4, -0.2) is 9.97 Å². The number of oxazole rings is 1. The van der Waals surface area contributed by atoms with Gasteiger partial charge in [0.25, 0.3) is 0 Å². The van der Waals surface area contributed by atoms with Gasteiger partial charge in [-0.15, -0.1) is 0 Å². The van der Waals surface area contributed by atoms with Gasteiger partial charge in [0.15, 0.2) is 6.39 Å². The molecule has 2 rings (SSSR count). The summed E-state index contributed by atoms with van der Waals surface area (Å²) >= 11 is 0. The smallest absolute Gasteiger partial charge is 0.180 e. The van der Waals surface area contributed by atoms with E-state index in [1.165, 1.54) is 6.39 Å². The highest BCUT2D eigenvalue weighted by molar-refractivity contribution is 5.07. The maximum atomic E-state index is 5.13. The van der Waals surface area contributed by atoms with Crippen molar-refractivity contribution in [3.05, 3.63) is 48.4 Å². The fraction of sp³-hybridized carbons (Fsp3) is 0.273. The molecule has 0 aliphatic carbocycles. The highest BCUT2D eigenvalue weighted by Gasteiger charge is 2.05. The zero-order valence-electron chi connectivity index (χ0n) is 8.55. The van der Waals surface area contributed by atoms with Crippen LogP contribution < -0.4 is 5.32 Å². The minimum absolute atomic E-state index is 0.205. The van der Waals surface area contributed by atoms with Crippen LogP contribution in [0.1, 0.15) is 24.4 Å². The summed E-state index contributed by atoms with van der Waals surface area (Å²) in [7, 11) is 0. The quantitative estimate of drug-likeness (QED) is 0.824. The third kappa shape index (κ3) is 2.63. The average Bonchev–Trinajstić information content (AvgIpc) is 2.80. The van der Waals surface area contributed by atoms with Gasteiger partial charge in [0, 0.05) is 12.2 Å². The highest BCUT2D eigenvalue weighted by Crippen LogP contribution is 2.08. The molecule has 0 bridgehead atoms. The molecule has 0 aliphatic heterocycles. The predicted octanol–water partition coefficient (Wildman–Crippen LogP) is 1.92. The predicted molar refractivity (Wildman–Crippen MR) is 56.0 cm³/mol. The molecule has 0 radical (unpaired) electrons. The molecule has 0 saturated carbocycles. The first-order chi connectivity index (χ1) is 7.36. The van der Waals surface area contributed by atoms with Crippen LogP contribution >= 0.6 is 0 Å². The number of nitrogens with one attached hydrogen (secondary N) is 1. The van der Waals surface area contributed by atoms with Crippen molar-refractivity contribution in [1.29, 1.82) is 0 Å². The molecule has 0 aliphatic rings. The van der Waals surface area contributed by atoms with E-state index in [1.807, 2.05) is 18.2 Å². The standard InChI is InChI=1S/C11H13N3O/c1-9(11-4-2-3-5-13-11)14-7-10-6-12-8-15-10/h2-6,8-9,14H,7H2,1H3/t9-/m0/s1. The molecule has 0 amide bonds. The van der Waals surface area contributed by atoms with Crippen LogP contribution in [0.2, 0.25) is 0 Å². The fourth-order valence-electron chi connectivity index (χ4n) is 1.32. The zero-order chi connectivity index (χ0) is 10.5. The van der Waals surface area contributed by atoms with Crippen molar-refractivity contribution in [2.24, 2.45) is 0 Å². The zero-order valence-corrected chi connectivity index (χ0v) is 8.55. The van der Waals surface area contributed by atoms with Gasteiger partial charge in [0.2, 0.25) is 0 Å². The molecule has 0 aromatic carbocycles. The number of nitrogens with zero attached hydrogens (tertiary/aromatic N) is 2. The summed E-state index contributed by atoms with van der Waals surface area (Å²) in [4.78, 5) is 8.12. The highest BCUT2D eigenvalue weighted by atomic mass is 16.3. The lowest BCUT2D eigenvalue weighted by Crippen LogP contribution is -2.18. The van der Waals surface area contributed by atoms with Gasteiger partial charge in [-0.05, 0) is 19.1 Å². The van der Waals surface area contributed by atoms with Gasteiger partial charge in [0.05, 0.1) is 18.4 Å². The van der Waals surface area contributed by atoms with Gasteiger partial charge in [-0.1, -0.05) is 6.07 Å². The first kappa shape index (κ1) is 9.86. The molecule has 4 heteroatoms. The topological polar surface area (TPSA) is 51.0 Å². The Bertz CT molecular complexity index is 385.